The third kappa shape index (κ3) is 5.79. The number of sulfonamides is 1. The number of amides is 1. The molecule has 0 bridgehead atoms. The van der Waals surface area contributed by atoms with E-state index in [1.54, 1.807) is 12.1 Å². The highest BCUT2D eigenvalue weighted by molar-refractivity contribution is 7.92. The van der Waals surface area contributed by atoms with E-state index in [4.69, 9.17) is 9.47 Å². The molecule has 0 aromatic heterocycles. The summed E-state index contributed by atoms with van der Waals surface area (Å²) in [7, 11) is -0.693. The highest BCUT2D eigenvalue weighted by Crippen LogP contribution is 2.32. The minimum Gasteiger partial charge on any atom is -0.493 e. The van der Waals surface area contributed by atoms with Crippen molar-refractivity contribution in [2.24, 2.45) is 11.8 Å². The average Bonchev–Trinajstić information content (AvgIpc) is 2.55. The van der Waals surface area contributed by atoms with Crippen LogP contribution in [0.15, 0.2) is 18.2 Å². The van der Waals surface area contributed by atoms with Gasteiger partial charge >= 0.3 is 0 Å². The molecule has 0 heterocycles. The van der Waals surface area contributed by atoms with Gasteiger partial charge in [-0.05, 0) is 24.0 Å². The van der Waals surface area contributed by atoms with Gasteiger partial charge in [0.15, 0.2) is 11.5 Å². The summed E-state index contributed by atoms with van der Waals surface area (Å²) in [5, 5.41) is 2.94. The Bertz CT molecular complexity index is 708. The largest absolute Gasteiger partial charge is 0.493 e. The molecule has 0 aliphatic carbocycles. The first-order chi connectivity index (χ1) is 12.0. The molecule has 0 saturated heterocycles. The van der Waals surface area contributed by atoms with E-state index in [-0.39, 0.29) is 30.3 Å². The van der Waals surface area contributed by atoms with Gasteiger partial charge in [-0.3, -0.25) is 9.10 Å². The molecule has 0 fully saturated rings. The van der Waals surface area contributed by atoms with Crippen molar-refractivity contribution in [3.8, 4) is 11.5 Å². The number of rotatable bonds is 9. The molecule has 1 aromatic carbocycles. The molecule has 1 amide bonds. The van der Waals surface area contributed by atoms with Crippen LogP contribution in [0.3, 0.4) is 0 Å². The van der Waals surface area contributed by atoms with Crippen LogP contribution in [0.2, 0.25) is 0 Å². The fourth-order valence-corrected chi connectivity index (χ4v) is 3.69. The molecular weight excluding hydrogens is 356 g/mol. The van der Waals surface area contributed by atoms with Crippen LogP contribution < -0.4 is 19.1 Å². The number of ether oxygens (including phenoxy) is 2. The van der Waals surface area contributed by atoms with E-state index in [0.29, 0.717) is 17.2 Å². The fraction of sp³-hybridized carbons (Fsp3) is 0.611. The molecule has 1 rings (SSSR count). The van der Waals surface area contributed by atoms with Crippen LogP contribution in [0, 0.1) is 11.8 Å². The first-order valence-corrected chi connectivity index (χ1v) is 10.3. The molecular formula is C18H30N2O5S. The summed E-state index contributed by atoms with van der Waals surface area (Å²) in [4.78, 5) is 12.5. The summed E-state index contributed by atoms with van der Waals surface area (Å²) < 4.78 is 36.0. The van der Waals surface area contributed by atoms with Crippen molar-refractivity contribution in [1.29, 1.82) is 0 Å². The second kappa shape index (κ2) is 9.12. The number of nitrogens with one attached hydrogen (secondary N) is 1. The quantitative estimate of drug-likeness (QED) is 0.704. The minimum atomic E-state index is -3.66. The maximum Gasteiger partial charge on any atom is 0.241 e. The Labute approximate surface area is 156 Å². The predicted octanol–water partition coefficient (Wildman–Crippen LogP) is 2.27. The van der Waals surface area contributed by atoms with Crippen LogP contribution in [0.1, 0.15) is 27.7 Å². The van der Waals surface area contributed by atoms with Crippen molar-refractivity contribution in [3.63, 3.8) is 0 Å². The smallest absolute Gasteiger partial charge is 0.241 e. The van der Waals surface area contributed by atoms with Gasteiger partial charge in [-0.25, -0.2) is 8.42 Å². The number of carbonyl (C=O) groups excluding carboxylic acids is 1. The van der Waals surface area contributed by atoms with Crippen LogP contribution >= 0.6 is 0 Å². The van der Waals surface area contributed by atoms with Gasteiger partial charge in [0.05, 0.1) is 26.2 Å². The molecule has 148 valence electrons. The minimum absolute atomic E-state index is 0.0330. The van der Waals surface area contributed by atoms with Gasteiger partial charge in [-0.1, -0.05) is 27.7 Å². The summed E-state index contributed by atoms with van der Waals surface area (Å²) in [5.41, 5.74) is 0.339. The molecule has 0 radical (unpaired) electrons. The lowest BCUT2D eigenvalue weighted by Crippen LogP contribution is -2.47. The first-order valence-electron chi connectivity index (χ1n) is 8.50. The van der Waals surface area contributed by atoms with Crippen molar-refractivity contribution < 1.29 is 22.7 Å². The summed E-state index contributed by atoms with van der Waals surface area (Å²) in [5.74, 6) is 1.01. The van der Waals surface area contributed by atoms with Crippen molar-refractivity contribution in [2.75, 3.05) is 31.3 Å². The lowest BCUT2D eigenvalue weighted by atomic mass is 9.93. The first kappa shape index (κ1) is 22.1. The SMILES string of the molecule is COc1ccc(N(CC(=O)NC(C(C)C)C(C)C)S(C)(=O)=O)cc1OC. The average molecular weight is 387 g/mol. The molecule has 8 heteroatoms. The van der Waals surface area contributed by atoms with E-state index in [1.165, 1.54) is 20.3 Å². The maximum atomic E-state index is 12.5. The van der Waals surface area contributed by atoms with Crippen molar-refractivity contribution in [3.05, 3.63) is 18.2 Å². The second-order valence-electron chi connectivity index (χ2n) is 6.89. The molecule has 1 N–H and O–H groups in total. The monoisotopic (exact) mass is 386 g/mol. The zero-order chi connectivity index (χ0) is 20.1. The van der Waals surface area contributed by atoms with Crippen molar-refractivity contribution >= 4 is 21.6 Å². The molecule has 0 unspecified atom stereocenters. The van der Waals surface area contributed by atoms with Crippen molar-refractivity contribution in [1.82, 2.24) is 5.32 Å². The van der Waals surface area contributed by atoms with Gasteiger partial charge < -0.3 is 14.8 Å². The third-order valence-corrected chi connectivity index (χ3v) is 5.25. The standard InChI is InChI=1S/C18H30N2O5S/c1-12(2)18(13(3)4)19-17(21)11-20(26(7,22)23)14-8-9-15(24-5)16(10-14)25-6/h8-10,12-13,18H,11H2,1-7H3,(H,19,21). The zero-order valence-electron chi connectivity index (χ0n) is 16.6. The zero-order valence-corrected chi connectivity index (χ0v) is 17.4. The normalized spacial score (nSPS) is 11.8. The lowest BCUT2D eigenvalue weighted by Gasteiger charge is -2.28. The number of anilines is 1. The van der Waals surface area contributed by atoms with E-state index in [0.717, 1.165) is 10.6 Å². The Hall–Kier alpha value is -1.96. The molecule has 0 aliphatic heterocycles. The molecule has 0 spiro atoms. The van der Waals surface area contributed by atoms with Gasteiger partial charge in [-0.15, -0.1) is 0 Å². The van der Waals surface area contributed by atoms with Crippen LogP contribution in [-0.4, -0.2) is 47.4 Å². The Morgan fingerprint density at radius 2 is 1.62 bits per heavy atom. The van der Waals surface area contributed by atoms with Gasteiger partial charge in [0.1, 0.15) is 6.54 Å². The number of benzene rings is 1. The van der Waals surface area contributed by atoms with Crippen LogP contribution in [0.4, 0.5) is 5.69 Å². The second-order valence-corrected chi connectivity index (χ2v) is 8.80. The lowest BCUT2D eigenvalue weighted by molar-refractivity contribution is -0.121. The van der Waals surface area contributed by atoms with Gasteiger partial charge in [0.2, 0.25) is 15.9 Å². The van der Waals surface area contributed by atoms with Gasteiger partial charge in [-0.2, -0.15) is 0 Å². The molecule has 7 nitrogen and oxygen atoms in total. The van der Waals surface area contributed by atoms with E-state index in [2.05, 4.69) is 5.32 Å². The number of hydrogen-bond donors (Lipinski definition) is 1. The van der Waals surface area contributed by atoms with Gasteiger partial charge in [0.25, 0.3) is 0 Å². The van der Waals surface area contributed by atoms with E-state index >= 15 is 0 Å². The van der Waals surface area contributed by atoms with Crippen LogP contribution in [-0.2, 0) is 14.8 Å². The molecule has 1 aromatic rings. The molecule has 26 heavy (non-hydrogen) atoms. The summed E-state index contributed by atoms with van der Waals surface area (Å²) in [6.45, 7) is 7.78. The highest BCUT2D eigenvalue weighted by atomic mass is 32.2. The Morgan fingerprint density at radius 1 is 1.08 bits per heavy atom. The third-order valence-electron chi connectivity index (χ3n) is 4.11. The summed E-state index contributed by atoms with van der Waals surface area (Å²) in [6.07, 6.45) is 1.07. The number of hydrogen-bond acceptors (Lipinski definition) is 5. The highest BCUT2D eigenvalue weighted by Gasteiger charge is 2.25. The number of nitrogens with zero attached hydrogens (tertiary/aromatic N) is 1. The van der Waals surface area contributed by atoms with Crippen LogP contribution in [0.25, 0.3) is 0 Å². The molecule has 0 aliphatic rings. The van der Waals surface area contributed by atoms with E-state index in [9.17, 15) is 13.2 Å². The van der Waals surface area contributed by atoms with E-state index < -0.39 is 10.0 Å². The molecule has 0 atom stereocenters. The summed E-state index contributed by atoms with van der Waals surface area (Å²) in [6, 6.07) is 4.69. The van der Waals surface area contributed by atoms with Crippen LogP contribution in [0.5, 0.6) is 11.5 Å². The fourth-order valence-electron chi connectivity index (χ4n) is 2.85. The summed E-state index contributed by atoms with van der Waals surface area (Å²) >= 11 is 0. The van der Waals surface area contributed by atoms with Gasteiger partial charge in [0, 0.05) is 12.1 Å². The predicted molar refractivity (Wildman–Crippen MR) is 103 cm³/mol. The Kier molecular flexibility index (Phi) is 7.74. The maximum absolute atomic E-state index is 12.5. The Morgan fingerprint density at radius 3 is 2.04 bits per heavy atom. The number of carbonyl (C=O) groups is 1. The molecule has 0 saturated carbocycles. The van der Waals surface area contributed by atoms with E-state index in [1.807, 2.05) is 27.7 Å². The topological polar surface area (TPSA) is 84.9 Å². The number of methoxy groups -OCH3 is 2. The Balaban J connectivity index is 3.11. The van der Waals surface area contributed by atoms with Crippen molar-refractivity contribution in [2.45, 2.75) is 33.7 Å².